The lowest BCUT2D eigenvalue weighted by molar-refractivity contribution is -0.137. The number of rotatable bonds is 6. The van der Waals surface area contributed by atoms with Gasteiger partial charge in [-0.05, 0) is 24.8 Å². The molecule has 1 aromatic heterocycles. The Morgan fingerprint density at radius 2 is 2.04 bits per heavy atom. The van der Waals surface area contributed by atoms with Crippen molar-refractivity contribution in [3.05, 3.63) is 18.5 Å². The highest BCUT2D eigenvalue weighted by atomic mass is 32.2. The van der Waals surface area contributed by atoms with E-state index in [9.17, 15) is 13.2 Å². The number of amides is 1. The van der Waals surface area contributed by atoms with Crippen LogP contribution in [0.15, 0.2) is 18.5 Å². The molecule has 1 spiro atoms. The van der Waals surface area contributed by atoms with Crippen LogP contribution in [0.2, 0.25) is 0 Å². The third kappa shape index (κ3) is 3.49. The van der Waals surface area contributed by atoms with Crippen LogP contribution in [0.3, 0.4) is 0 Å². The highest BCUT2D eigenvalue weighted by molar-refractivity contribution is 7.93. The molecule has 2 aliphatic heterocycles. The van der Waals surface area contributed by atoms with E-state index in [1.807, 2.05) is 0 Å². The molecule has 7 nitrogen and oxygen atoms in total. The number of nitrogens with zero attached hydrogens (tertiary/aromatic N) is 3. The lowest BCUT2D eigenvalue weighted by atomic mass is 9.83. The van der Waals surface area contributed by atoms with Crippen LogP contribution < -0.4 is 4.74 Å². The van der Waals surface area contributed by atoms with Crippen molar-refractivity contribution >= 4 is 15.7 Å². The maximum absolute atomic E-state index is 12.6. The second kappa shape index (κ2) is 6.90. The van der Waals surface area contributed by atoms with Gasteiger partial charge in [0, 0.05) is 37.8 Å². The van der Waals surface area contributed by atoms with Gasteiger partial charge in [-0.3, -0.25) is 4.79 Å². The van der Waals surface area contributed by atoms with E-state index in [0.717, 1.165) is 6.42 Å². The summed E-state index contributed by atoms with van der Waals surface area (Å²) in [5, 5.41) is 0. The van der Waals surface area contributed by atoms with Crippen molar-refractivity contribution in [2.45, 2.75) is 37.9 Å². The number of sulfone groups is 1. The number of ether oxygens (including phenoxy) is 1. The molecule has 138 valence electrons. The molecule has 0 unspecified atom stereocenters. The zero-order valence-corrected chi connectivity index (χ0v) is 15.5. The molecule has 1 amide bonds. The SMILES string of the molecule is CC(C)CCC(=O)N1CC2(C1)[C@@H](COc1ncccn1)CCS2(=O)=O. The van der Waals surface area contributed by atoms with E-state index in [-0.39, 0.29) is 43.3 Å². The third-order valence-corrected chi connectivity index (χ3v) is 7.86. The lowest BCUT2D eigenvalue weighted by Crippen LogP contribution is -2.68. The molecule has 2 aliphatic rings. The summed E-state index contributed by atoms with van der Waals surface area (Å²) in [6.07, 6.45) is 5.03. The zero-order chi connectivity index (χ0) is 18.1. The Morgan fingerprint density at radius 3 is 2.68 bits per heavy atom. The summed E-state index contributed by atoms with van der Waals surface area (Å²) >= 11 is 0. The van der Waals surface area contributed by atoms with E-state index >= 15 is 0 Å². The minimum atomic E-state index is -3.22. The highest BCUT2D eigenvalue weighted by Gasteiger charge is 2.62. The molecular weight excluding hydrogens is 342 g/mol. The fraction of sp³-hybridized carbons (Fsp3) is 0.706. The molecule has 0 N–H and O–H groups in total. The standard InChI is InChI=1S/C17H25N3O4S/c1-13(2)4-5-15(21)20-11-17(12-20)14(6-9-25(17,22)23)10-24-16-18-7-3-8-19-16/h3,7-8,13-14H,4-6,9-12H2,1-2H3/t14-/m1/s1. The smallest absolute Gasteiger partial charge is 0.316 e. The summed E-state index contributed by atoms with van der Waals surface area (Å²) in [4.78, 5) is 21.9. The summed E-state index contributed by atoms with van der Waals surface area (Å²) < 4.78 is 29.9. The number of likely N-dealkylation sites (tertiary alicyclic amines) is 1. The van der Waals surface area contributed by atoms with Crippen LogP contribution in [0, 0.1) is 11.8 Å². The first-order valence-corrected chi connectivity index (χ1v) is 10.4. The molecule has 3 rings (SSSR count). The Kier molecular flexibility index (Phi) is 4.99. The summed E-state index contributed by atoms with van der Waals surface area (Å²) in [5.41, 5.74) is 0. The van der Waals surface area contributed by atoms with Crippen molar-refractivity contribution in [2.24, 2.45) is 11.8 Å². The predicted octanol–water partition coefficient (Wildman–Crippen LogP) is 1.31. The number of aromatic nitrogens is 2. The summed E-state index contributed by atoms with van der Waals surface area (Å²) in [6, 6.07) is 1.95. The third-order valence-electron chi connectivity index (χ3n) is 5.26. The first-order valence-electron chi connectivity index (χ1n) is 8.74. The molecule has 2 saturated heterocycles. The molecule has 1 atom stereocenters. The Bertz CT molecular complexity index is 715. The highest BCUT2D eigenvalue weighted by Crippen LogP contribution is 2.45. The monoisotopic (exact) mass is 367 g/mol. The van der Waals surface area contributed by atoms with Gasteiger partial charge in [0.05, 0.1) is 12.4 Å². The van der Waals surface area contributed by atoms with Crippen molar-refractivity contribution in [3.63, 3.8) is 0 Å². The molecule has 1 aromatic rings. The minimum absolute atomic E-state index is 0.0486. The molecule has 3 heterocycles. The maximum Gasteiger partial charge on any atom is 0.316 e. The van der Waals surface area contributed by atoms with E-state index < -0.39 is 14.6 Å². The maximum atomic E-state index is 12.6. The van der Waals surface area contributed by atoms with Crippen LogP contribution >= 0.6 is 0 Å². The fourth-order valence-corrected chi connectivity index (χ4v) is 5.99. The Hall–Kier alpha value is -1.70. The van der Waals surface area contributed by atoms with Gasteiger partial charge in [0.2, 0.25) is 5.91 Å². The first kappa shape index (κ1) is 18.1. The molecule has 0 aliphatic carbocycles. The summed E-state index contributed by atoms with van der Waals surface area (Å²) in [6.45, 7) is 4.99. The van der Waals surface area contributed by atoms with Crippen LogP contribution in [0.5, 0.6) is 6.01 Å². The fourth-order valence-electron chi connectivity index (χ4n) is 3.59. The average molecular weight is 367 g/mol. The number of carbonyl (C=O) groups is 1. The van der Waals surface area contributed by atoms with Crippen LogP contribution in [0.25, 0.3) is 0 Å². The van der Waals surface area contributed by atoms with Gasteiger partial charge in [-0.25, -0.2) is 18.4 Å². The molecule has 0 aromatic carbocycles. The second-order valence-corrected chi connectivity index (χ2v) is 9.84. The van der Waals surface area contributed by atoms with Gasteiger partial charge in [-0.15, -0.1) is 0 Å². The Labute approximate surface area is 148 Å². The average Bonchev–Trinajstić information content (AvgIpc) is 2.81. The quantitative estimate of drug-likeness (QED) is 0.753. The van der Waals surface area contributed by atoms with Crippen molar-refractivity contribution in [2.75, 3.05) is 25.4 Å². The lowest BCUT2D eigenvalue weighted by Gasteiger charge is -2.49. The van der Waals surface area contributed by atoms with E-state index in [1.165, 1.54) is 0 Å². The van der Waals surface area contributed by atoms with Gasteiger partial charge in [-0.2, -0.15) is 0 Å². The van der Waals surface area contributed by atoms with Crippen molar-refractivity contribution in [1.29, 1.82) is 0 Å². The van der Waals surface area contributed by atoms with E-state index in [2.05, 4.69) is 23.8 Å². The minimum Gasteiger partial charge on any atom is -0.463 e. The van der Waals surface area contributed by atoms with Crippen molar-refractivity contribution in [1.82, 2.24) is 14.9 Å². The number of hydrogen-bond donors (Lipinski definition) is 0. The topological polar surface area (TPSA) is 89.5 Å². The summed E-state index contributed by atoms with van der Waals surface area (Å²) in [7, 11) is -3.22. The largest absolute Gasteiger partial charge is 0.463 e. The van der Waals surface area contributed by atoms with Crippen molar-refractivity contribution in [3.8, 4) is 6.01 Å². The van der Waals surface area contributed by atoms with Crippen molar-refractivity contribution < 1.29 is 17.9 Å². The summed E-state index contributed by atoms with van der Waals surface area (Å²) in [5.74, 6) is 0.536. The zero-order valence-electron chi connectivity index (χ0n) is 14.7. The van der Waals surface area contributed by atoms with Crippen LogP contribution in [0.1, 0.15) is 33.1 Å². The predicted molar refractivity (Wildman–Crippen MR) is 92.8 cm³/mol. The molecular formula is C17H25N3O4S. The number of carbonyl (C=O) groups excluding carboxylic acids is 1. The molecule has 25 heavy (non-hydrogen) atoms. The first-order chi connectivity index (χ1) is 11.8. The Balaban J connectivity index is 1.63. The van der Waals surface area contributed by atoms with Gasteiger partial charge in [-0.1, -0.05) is 13.8 Å². The van der Waals surface area contributed by atoms with Gasteiger partial charge in [0.15, 0.2) is 9.84 Å². The molecule has 0 radical (unpaired) electrons. The van der Waals surface area contributed by atoms with Gasteiger partial charge in [0.1, 0.15) is 4.75 Å². The van der Waals surface area contributed by atoms with E-state index in [0.29, 0.717) is 18.8 Å². The molecule has 0 saturated carbocycles. The van der Waals surface area contributed by atoms with Crippen LogP contribution in [-0.2, 0) is 14.6 Å². The molecule has 8 heteroatoms. The van der Waals surface area contributed by atoms with Crippen LogP contribution in [0.4, 0.5) is 0 Å². The number of hydrogen-bond acceptors (Lipinski definition) is 6. The van der Waals surface area contributed by atoms with E-state index in [4.69, 9.17) is 4.74 Å². The second-order valence-electron chi connectivity index (χ2n) is 7.39. The molecule has 0 bridgehead atoms. The van der Waals surface area contributed by atoms with Gasteiger partial charge >= 0.3 is 6.01 Å². The molecule has 2 fully saturated rings. The van der Waals surface area contributed by atoms with Crippen LogP contribution in [-0.4, -0.2) is 59.4 Å². The normalized spacial score (nSPS) is 23.6. The Morgan fingerprint density at radius 1 is 1.36 bits per heavy atom. The van der Waals surface area contributed by atoms with Gasteiger partial charge in [0.25, 0.3) is 0 Å². The van der Waals surface area contributed by atoms with E-state index in [1.54, 1.807) is 23.4 Å². The van der Waals surface area contributed by atoms with Gasteiger partial charge < -0.3 is 9.64 Å².